The second-order valence-corrected chi connectivity index (χ2v) is 7.31. The Morgan fingerprint density at radius 2 is 1.78 bits per heavy atom. The molecule has 0 saturated heterocycles. The van der Waals surface area contributed by atoms with Gasteiger partial charge in [-0.25, -0.2) is 0 Å². The van der Waals surface area contributed by atoms with Crippen LogP contribution in [0.3, 0.4) is 0 Å². The third kappa shape index (κ3) is 3.92. The molecule has 3 aromatic rings. The maximum Gasteiger partial charge on any atom is 0.213 e. The number of aromatic nitrogens is 1. The summed E-state index contributed by atoms with van der Waals surface area (Å²) < 4.78 is 2.29. The summed E-state index contributed by atoms with van der Waals surface area (Å²) in [6, 6.07) is 19.4. The van der Waals surface area contributed by atoms with Crippen LogP contribution < -0.4 is 33.4 Å². The van der Waals surface area contributed by atoms with Gasteiger partial charge >= 0.3 is 0 Å². The molecule has 0 bridgehead atoms. The molecule has 2 aromatic carbocycles. The first-order chi connectivity index (χ1) is 12.8. The lowest BCUT2D eigenvalue weighted by molar-refractivity contribution is -0.667. The largest absolute Gasteiger partial charge is 1.00 e. The normalized spacial score (nSPS) is 14.7. The summed E-state index contributed by atoms with van der Waals surface area (Å²) in [6.45, 7) is 6.35. The second-order valence-electron chi connectivity index (χ2n) is 6.25. The van der Waals surface area contributed by atoms with Crippen molar-refractivity contribution < 1.29 is 28.5 Å². The molecule has 4 heteroatoms. The first-order valence-electron chi connectivity index (χ1n) is 9.15. The summed E-state index contributed by atoms with van der Waals surface area (Å²) in [5, 5.41) is 2.58. The minimum absolute atomic E-state index is 0. The number of nitrogens with zero attached hydrogens (tertiary/aromatic N) is 2. The number of pyridine rings is 1. The van der Waals surface area contributed by atoms with Gasteiger partial charge in [-0.3, -0.25) is 0 Å². The zero-order valence-electron chi connectivity index (χ0n) is 15.6. The maximum atomic E-state index is 2.37. The Bertz CT molecular complexity index is 1010. The number of aryl methyl sites for hydroxylation is 1. The molecular formula is C23H23IN2S. The van der Waals surface area contributed by atoms with E-state index >= 15 is 0 Å². The molecule has 1 aliphatic heterocycles. The average molecular weight is 486 g/mol. The van der Waals surface area contributed by atoms with Crippen molar-refractivity contribution in [3.05, 3.63) is 83.5 Å². The molecule has 0 atom stereocenters. The van der Waals surface area contributed by atoms with Crippen LogP contribution in [0.1, 0.15) is 19.4 Å². The standard InChI is InChI=1S/C23H23N2S.HI/c1-3-24-17-16-18(19-11-5-6-12-20(19)24)10-9-15-23-25(4-2)21-13-7-8-14-22(21)26-23;/h5-17H,3-4H2,1-2H3;1H/q+1;/p-1. The number of benzene rings is 2. The topological polar surface area (TPSA) is 7.12 Å². The van der Waals surface area contributed by atoms with Crippen LogP contribution in [0, 0.1) is 0 Å². The van der Waals surface area contributed by atoms with Crippen molar-refractivity contribution in [2.45, 2.75) is 25.3 Å². The van der Waals surface area contributed by atoms with Crippen LogP contribution in [0.5, 0.6) is 0 Å². The molecule has 0 spiro atoms. The molecule has 1 aliphatic rings. The van der Waals surface area contributed by atoms with Crippen LogP contribution >= 0.6 is 11.8 Å². The van der Waals surface area contributed by atoms with Gasteiger partial charge in [0.1, 0.15) is 6.54 Å². The third-order valence-electron chi connectivity index (χ3n) is 4.77. The fourth-order valence-corrected chi connectivity index (χ4v) is 4.61. The number of hydrogen-bond acceptors (Lipinski definition) is 2. The van der Waals surface area contributed by atoms with E-state index in [1.165, 1.54) is 32.1 Å². The molecule has 27 heavy (non-hydrogen) atoms. The summed E-state index contributed by atoms with van der Waals surface area (Å²) in [6.07, 6.45) is 8.79. The smallest absolute Gasteiger partial charge is 0.213 e. The highest BCUT2D eigenvalue weighted by Crippen LogP contribution is 2.45. The molecule has 0 fully saturated rings. The molecule has 2 heterocycles. The molecule has 2 nitrogen and oxygen atoms in total. The minimum Gasteiger partial charge on any atom is -1.00 e. The van der Waals surface area contributed by atoms with Crippen molar-refractivity contribution in [2.24, 2.45) is 0 Å². The summed E-state index contributed by atoms with van der Waals surface area (Å²) in [4.78, 5) is 3.71. The van der Waals surface area contributed by atoms with Crippen LogP contribution in [0.15, 0.2) is 82.9 Å². The van der Waals surface area contributed by atoms with E-state index in [0.717, 1.165) is 13.1 Å². The highest BCUT2D eigenvalue weighted by atomic mass is 127. The summed E-state index contributed by atoms with van der Waals surface area (Å²) in [5.74, 6) is 0. The van der Waals surface area contributed by atoms with Crippen molar-refractivity contribution in [3.63, 3.8) is 0 Å². The highest BCUT2D eigenvalue weighted by Gasteiger charge is 2.22. The molecule has 0 unspecified atom stereocenters. The summed E-state index contributed by atoms with van der Waals surface area (Å²) in [7, 11) is 0. The quantitative estimate of drug-likeness (QED) is 0.414. The van der Waals surface area contributed by atoms with Gasteiger partial charge < -0.3 is 28.9 Å². The van der Waals surface area contributed by atoms with Gasteiger partial charge in [-0.2, -0.15) is 4.57 Å². The van der Waals surface area contributed by atoms with E-state index < -0.39 is 0 Å². The van der Waals surface area contributed by atoms with Gasteiger partial charge in [0.2, 0.25) is 5.52 Å². The van der Waals surface area contributed by atoms with E-state index in [1.807, 2.05) is 11.8 Å². The van der Waals surface area contributed by atoms with E-state index in [4.69, 9.17) is 0 Å². The van der Waals surface area contributed by atoms with Crippen molar-refractivity contribution in [2.75, 3.05) is 11.4 Å². The molecular weight excluding hydrogens is 463 g/mol. The SMILES string of the molecule is CCN1C(=CC=Cc2cc[n+](CC)c3ccccc23)Sc2ccccc21.[I-]. The number of anilines is 1. The van der Waals surface area contributed by atoms with Gasteiger partial charge in [0, 0.05) is 23.6 Å². The lowest BCUT2D eigenvalue weighted by Crippen LogP contribution is -3.00. The second kappa shape index (κ2) is 8.93. The Balaban J connectivity index is 0.00000210. The predicted molar refractivity (Wildman–Crippen MR) is 112 cm³/mol. The predicted octanol–water partition coefficient (Wildman–Crippen LogP) is 2.64. The molecule has 0 aliphatic carbocycles. The Kier molecular flexibility index (Phi) is 6.60. The minimum atomic E-state index is 0. The van der Waals surface area contributed by atoms with Gasteiger partial charge in [0.05, 0.1) is 16.1 Å². The average Bonchev–Trinajstić information content (AvgIpc) is 3.05. The number of thioether (sulfide) groups is 1. The summed E-state index contributed by atoms with van der Waals surface area (Å²) >= 11 is 1.85. The number of rotatable bonds is 4. The van der Waals surface area contributed by atoms with Crippen LogP contribution in [-0.2, 0) is 6.54 Å². The monoisotopic (exact) mass is 486 g/mol. The van der Waals surface area contributed by atoms with E-state index in [1.54, 1.807) is 0 Å². The number of allylic oxidation sites excluding steroid dienone is 2. The number of hydrogen-bond donors (Lipinski definition) is 0. The van der Waals surface area contributed by atoms with Crippen LogP contribution in [0.2, 0.25) is 0 Å². The van der Waals surface area contributed by atoms with Crippen LogP contribution in [-0.4, -0.2) is 6.54 Å². The zero-order valence-corrected chi connectivity index (χ0v) is 18.6. The van der Waals surface area contributed by atoms with Gasteiger partial charge in [0.25, 0.3) is 0 Å². The van der Waals surface area contributed by atoms with E-state index in [2.05, 4.69) is 102 Å². The van der Waals surface area contributed by atoms with E-state index in [9.17, 15) is 0 Å². The van der Waals surface area contributed by atoms with Crippen LogP contribution in [0.25, 0.3) is 17.0 Å². The number of halogens is 1. The molecule has 4 rings (SSSR count). The molecule has 0 amide bonds. The van der Waals surface area contributed by atoms with Crippen molar-refractivity contribution in [3.8, 4) is 0 Å². The third-order valence-corrected chi connectivity index (χ3v) is 5.90. The molecule has 138 valence electrons. The van der Waals surface area contributed by atoms with Gasteiger partial charge in [0.15, 0.2) is 6.20 Å². The van der Waals surface area contributed by atoms with Gasteiger partial charge in [-0.15, -0.1) is 0 Å². The van der Waals surface area contributed by atoms with Gasteiger partial charge in [-0.05, 0) is 43.7 Å². The molecule has 0 radical (unpaired) electrons. The zero-order chi connectivity index (χ0) is 17.9. The Morgan fingerprint density at radius 3 is 2.59 bits per heavy atom. The van der Waals surface area contributed by atoms with Crippen LogP contribution in [0.4, 0.5) is 5.69 Å². The first kappa shape index (κ1) is 20.0. The number of para-hydroxylation sites is 2. The molecule has 0 N–H and O–H groups in total. The van der Waals surface area contributed by atoms with Crippen molar-refractivity contribution in [1.82, 2.24) is 0 Å². The fraction of sp³-hybridized carbons (Fsp3) is 0.174. The first-order valence-corrected chi connectivity index (χ1v) is 9.97. The molecule has 0 saturated carbocycles. The highest BCUT2D eigenvalue weighted by molar-refractivity contribution is 8.03. The summed E-state index contributed by atoms with van der Waals surface area (Å²) in [5.41, 5.74) is 3.85. The molecule has 1 aromatic heterocycles. The lowest BCUT2D eigenvalue weighted by Gasteiger charge is -2.17. The fourth-order valence-electron chi connectivity index (χ4n) is 3.47. The van der Waals surface area contributed by atoms with Gasteiger partial charge in [-0.1, -0.05) is 48.2 Å². The Labute approximate surface area is 182 Å². The Hall–Kier alpha value is -1.79. The lowest BCUT2D eigenvalue weighted by atomic mass is 10.1. The number of fused-ring (bicyclic) bond motifs is 2. The van der Waals surface area contributed by atoms with Crippen molar-refractivity contribution >= 4 is 34.4 Å². The van der Waals surface area contributed by atoms with E-state index in [-0.39, 0.29) is 24.0 Å². The maximum absolute atomic E-state index is 2.37. The van der Waals surface area contributed by atoms with Crippen molar-refractivity contribution in [1.29, 1.82) is 0 Å². The van der Waals surface area contributed by atoms with E-state index in [0.29, 0.717) is 0 Å². The Morgan fingerprint density at radius 1 is 1.00 bits per heavy atom.